The van der Waals surface area contributed by atoms with Crippen LogP contribution in [-0.4, -0.2) is 53.6 Å². The predicted molar refractivity (Wildman–Crippen MR) is 101 cm³/mol. The van der Waals surface area contributed by atoms with Crippen molar-refractivity contribution in [2.24, 2.45) is 0 Å². The van der Waals surface area contributed by atoms with Crippen LogP contribution in [-0.2, 0) is 14.3 Å². The number of likely N-dealkylation sites (tertiary alicyclic amines) is 1. The number of carbonyl (C=O) groups is 3. The molecule has 1 aromatic rings. The number of ether oxygens (including phenoxy) is 1. The molecule has 148 valence electrons. The van der Waals surface area contributed by atoms with Gasteiger partial charge in [0.05, 0.1) is 17.9 Å². The highest BCUT2D eigenvalue weighted by Gasteiger charge is 2.31. The normalized spacial score (nSPS) is 16.7. The number of carbonyl (C=O) groups excluding carboxylic acids is 3. The van der Waals surface area contributed by atoms with Crippen molar-refractivity contribution in [3.8, 4) is 0 Å². The molecule has 1 saturated heterocycles. The van der Waals surface area contributed by atoms with Crippen molar-refractivity contribution >= 4 is 23.5 Å². The maximum atomic E-state index is 12.6. The summed E-state index contributed by atoms with van der Waals surface area (Å²) in [4.78, 5) is 38.8. The summed E-state index contributed by atoms with van der Waals surface area (Å²) in [5.41, 5.74) is 0.480. The standard InChI is InChI=1S/C20H28N2O5/c1-2-3-14-27-20(26)16-9-4-5-10-17(16)21-18(24)19(25)22-12-7-6-8-15(22)11-13-23/h4-5,9-10,15,23H,2-3,6-8,11-14H2,1H3,(H,21,24). The molecule has 0 spiro atoms. The van der Waals surface area contributed by atoms with Crippen LogP contribution in [0, 0.1) is 0 Å². The van der Waals surface area contributed by atoms with Gasteiger partial charge in [-0.1, -0.05) is 25.5 Å². The second-order valence-corrected chi connectivity index (χ2v) is 6.65. The van der Waals surface area contributed by atoms with Gasteiger partial charge in [-0.15, -0.1) is 0 Å². The van der Waals surface area contributed by atoms with Gasteiger partial charge in [0, 0.05) is 19.2 Å². The molecule has 0 bridgehead atoms. The van der Waals surface area contributed by atoms with Crippen LogP contribution in [0.3, 0.4) is 0 Å². The van der Waals surface area contributed by atoms with Crippen molar-refractivity contribution in [3.05, 3.63) is 29.8 Å². The number of anilines is 1. The molecule has 1 aliphatic heterocycles. The Hall–Kier alpha value is -2.41. The largest absolute Gasteiger partial charge is 0.462 e. The van der Waals surface area contributed by atoms with Crippen LogP contribution in [0.1, 0.15) is 55.8 Å². The molecule has 1 heterocycles. The number of rotatable bonds is 7. The number of unbranched alkanes of at least 4 members (excludes halogenated alkanes) is 1. The van der Waals surface area contributed by atoms with E-state index in [1.54, 1.807) is 24.3 Å². The Morgan fingerprint density at radius 3 is 2.78 bits per heavy atom. The minimum atomic E-state index is -0.784. The number of aliphatic hydroxyl groups is 1. The first kappa shape index (κ1) is 20.9. The van der Waals surface area contributed by atoms with Gasteiger partial charge in [0.1, 0.15) is 0 Å². The summed E-state index contributed by atoms with van der Waals surface area (Å²) in [6.07, 6.45) is 4.72. The third-order valence-electron chi connectivity index (χ3n) is 4.67. The van der Waals surface area contributed by atoms with Gasteiger partial charge >= 0.3 is 17.8 Å². The number of benzene rings is 1. The first-order chi connectivity index (χ1) is 13.1. The molecular weight excluding hydrogens is 348 g/mol. The second kappa shape index (κ2) is 10.7. The minimum Gasteiger partial charge on any atom is -0.462 e. The lowest BCUT2D eigenvalue weighted by Gasteiger charge is -2.35. The third kappa shape index (κ3) is 5.79. The molecule has 1 unspecified atom stereocenters. The van der Waals surface area contributed by atoms with E-state index >= 15 is 0 Å². The lowest BCUT2D eigenvalue weighted by molar-refractivity contribution is -0.146. The van der Waals surface area contributed by atoms with Crippen LogP contribution in [0.2, 0.25) is 0 Å². The van der Waals surface area contributed by atoms with Gasteiger partial charge in [0.2, 0.25) is 0 Å². The van der Waals surface area contributed by atoms with Crippen molar-refractivity contribution in [2.45, 2.75) is 51.5 Å². The van der Waals surface area contributed by atoms with E-state index in [0.717, 1.165) is 32.1 Å². The van der Waals surface area contributed by atoms with Crippen LogP contribution < -0.4 is 5.32 Å². The topological polar surface area (TPSA) is 95.9 Å². The zero-order valence-electron chi connectivity index (χ0n) is 15.8. The van der Waals surface area contributed by atoms with Crippen molar-refractivity contribution < 1.29 is 24.2 Å². The quantitative estimate of drug-likeness (QED) is 0.433. The predicted octanol–water partition coefficient (Wildman–Crippen LogP) is 2.35. The zero-order valence-corrected chi connectivity index (χ0v) is 15.8. The number of hydrogen-bond acceptors (Lipinski definition) is 5. The molecule has 1 fully saturated rings. The van der Waals surface area contributed by atoms with E-state index in [1.807, 2.05) is 6.92 Å². The number of amides is 2. The molecule has 27 heavy (non-hydrogen) atoms. The van der Waals surface area contributed by atoms with Crippen molar-refractivity contribution in [2.75, 3.05) is 25.1 Å². The summed E-state index contributed by atoms with van der Waals surface area (Å²) in [5.74, 6) is -1.95. The lowest BCUT2D eigenvalue weighted by Crippen LogP contribution is -2.48. The zero-order chi connectivity index (χ0) is 19.6. The SMILES string of the molecule is CCCCOC(=O)c1ccccc1NC(=O)C(=O)N1CCCCC1CCO. The third-order valence-corrected chi connectivity index (χ3v) is 4.67. The first-order valence-electron chi connectivity index (χ1n) is 9.57. The fraction of sp³-hybridized carbons (Fsp3) is 0.550. The Bertz CT molecular complexity index is 660. The van der Waals surface area contributed by atoms with Gasteiger partial charge in [-0.25, -0.2) is 4.79 Å². The maximum Gasteiger partial charge on any atom is 0.340 e. The average molecular weight is 376 g/mol. The van der Waals surface area contributed by atoms with Crippen molar-refractivity contribution in [1.82, 2.24) is 4.90 Å². The molecule has 1 atom stereocenters. The monoisotopic (exact) mass is 376 g/mol. The van der Waals surface area contributed by atoms with E-state index in [9.17, 15) is 19.5 Å². The minimum absolute atomic E-state index is 0.0253. The molecule has 0 radical (unpaired) electrons. The second-order valence-electron chi connectivity index (χ2n) is 6.65. The summed E-state index contributed by atoms with van der Waals surface area (Å²) < 4.78 is 5.20. The van der Waals surface area contributed by atoms with Gasteiger partial charge in [-0.2, -0.15) is 0 Å². The van der Waals surface area contributed by atoms with Crippen LogP contribution in [0.4, 0.5) is 5.69 Å². The Kier molecular flexibility index (Phi) is 8.26. The lowest BCUT2D eigenvalue weighted by atomic mass is 9.99. The molecule has 2 amide bonds. The molecule has 7 nitrogen and oxygen atoms in total. The molecular formula is C20H28N2O5. The van der Waals surface area contributed by atoms with Gasteiger partial charge in [-0.05, 0) is 44.2 Å². The average Bonchev–Trinajstić information content (AvgIpc) is 2.68. The number of aliphatic hydroxyl groups excluding tert-OH is 1. The molecule has 2 rings (SSSR count). The Morgan fingerprint density at radius 1 is 1.26 bits per heavy atom. The molecule has 1 aliphatic rings. The summed E-state index contributed by atoms with van der Waals surface area (Å²) in [7, 11) is 0. The fourth-order valence-electron chi connectivity index (χ4n) is 3.18. The number of nitrogens with zero attached hydrogens (tertiary/aromatic N) is 1. The van der Waals surface area contributed by atoms with Crippen LogP contribution in [0.25, 0.3) is 0 Å². The molecule has 0 saturated carbocycles. The van der Waals surface area contributed by atoms with Gasteiger partial charge < -0.3 is 20.1 Å². The number of para-hydroxylation sites is 1. The Morgan fingerprint density at radius 2 is 2.04 bits per heavy atom. The molecule has 1 aromatic carbocycles. The molecule has 0 aliphatic carbocycles. The van der Waals surface area contributed by atoms with Gasteiger partial charge in [-0.3, -0.25) is 9.59 Å². The van der Waals surface area contributed by atoms with Gasteiger partial charge in [0.15, 0.2) is 0 Å². The summed E-state index contributed by atoms with van der Waals surface area (Å²) >= 11 is 0. The summed E-state index contributed by atoms with van der Waals surface area (Å²) in [5, 5.41) is 11.7. The van der Waals surface area contributed by atoms with Crippen molar-refractivity contribution in [3.63, 3.8) is 0 Å². The Balaban J connectivity index is 2.06. The van der Waals surface area contributed by atoms with E-state index in [0.29, 0.717) is 19.6 Å². The summed E-state index contributed by atoms with van der Waals surface area (Å²) in [6, 6.07) is 6.36. The molecule has 2 N–H and O–H groups in total. The van der Waals surface area contributed by atoms with E-state index in [-0.39, 0.29) is 23.9 Å². The van der Waals surface area contributed by atoms with E-state index in [1.165, 1.54) is 4.90 Å². The first-order valence-corrected chi connectivity index (χ1v) is 9.57. The molecule has 7 heteroatoms. The smallest absolute Gasteiger partial charge is 0.340 e. The van der Waals surface area contributed by atoms with Crippen molar-refractivity contribution in [1.29, 1.82) is 0 Å². The number of nitrogens with one attached hydrogen (secondary N) is 1. The summed E-state index contributed by atoms with van der Waals surface area (Å²) in [6.45, 7) is 2.78. The number of piperidine rings is 1. The molecule has 0 aromatic heterocycles. The Labute approximate surface area is 159 Å². The highest BCUT2D eigenvalue weighted by atomic mass is 16.5. The number of hydrogen-bond donors (Lipinski definition) is 2. The van der Waals surface area contributed by atoms with E-state index in [2.05, 4.69) is 5.32 Å². The maximum absolute atomic E-state index is 12.6. The van der Waals surface area contributed by atoms with E-state index < -0.39 is 17.8 Å². The van der Waals surface area contributed by atoms with Crippen LogP contribution in [0.15, 0.2) is 24.3 Å². The fourth-order valence-corrected chi connectivity index (χ4v) is 3.18. The van der Waals surface area contributed by atoms with Gasteiger partial charge in [0.25, 0.3) is 0 Å². The van der Waals surface area contributed by atoms with Crippen LogP contribution >= 0.6 is 0 Å². The van der Waals surface area contributed by atoms with E-state index in [4.69, 9.17) is 4.74 Å². The van der Waals surface area contributed by atoms with Crippen LogP contribution in [0.5, 0.6) is 0 Å². The number of esters is 1. The highest BCUT2D eigenvalue weighted by Crippen LogP contribution is 2.21. The highest BCUT2D eigenvalue weighted by molar-refractivity contribution is 6.40.